The molecule has 0 atom stereocenters. The Kier molecular flexibility index (Phi) is 2.80. The molecule has 1 heterocycles. The number of nitrogens with two attached hydrogens (primary N) is 1. The first-order chi connectivity index (χ1) is 7.59. The van der Waals surface area contributed by atoms with Crippen LogP contribution in [0.15, 0.2) is 23.6 Å². The first-order valence-electron chi connectivity index (χ1n) is 4.33. The van der Waals surface area contributed by atoms with Crippen molar-refractivity contribution in [3.05, 3.63) is 34.3 Å². The summed E-state index contributed by atoms with van der Waals surface area (Å²) >= 11 is 7.09. The molecule has 0 radical (unpaired) electrons. The third-order valence-electron chi connectivity index (χ3n) is 2.01. The third kappa shape index (κ3) is 1.87. The topological polar surface area (TPSA) is 76.2 Å². The number of nitrogen functional groups attached to an aromatic ring is 1. The van der Waals surface area contributed by atoms with Gasteiger partial charge in [-0.2, -0.15) is 0 Å². The summed E-state index contributed by atoms with van der Waals surface area (Å²) in [7, 11) is 0. The van der Waals surface area contributed by atoms with E-state index in [4.69, 9.17) is 22.4 Å². The number of aromatic carboxylic acids is 1. The van der Waals surface area contributed by atoms with Gasteiger partial charge in [0.05, 0.1) is 10.7 Å². The molecule has 82 valence electrons. The van der Waals surface area contributed by atoms with Crippen LogP contribution in [0.5, 0.6) is 0 Å². The van der Waals surface area contributed by atoms with Gasteiger partial charge in [0, 0.05) is 10.9 Å². The number of carboxylic acids is 1. The maximum absolute atomic E-state index is 10.7. The zero-order valence-corrected chi connectivity index (χ0v) is 9.55. The molecule has 3 N–H and O–H groups in total. The highest BCUT2D eigenvalue weighted by Gasteiger charge is 2.12. The van der Waals surface area contributed by atoms with Gasteiger partial charge in [0.1, 0.15) is 5.01 Å². The van der Waals surface area contributed by atoms with Crippen LogP contribution < -0.4 is 5.73 Å². The summed E-state index contributed by atoms with van der Waals surface area (Å²) < 4.78 is 0. The fraction of sp³-hybridized carbons (Fsp3) is 0. The van der Waals surface area contributed by atoms with E-state index in [0.717, 1.165) is 0 Å². The second kappa shape index (κ2) is 4.11. The van der Waals surface area contributed by atoms with E-state index in [9.17, 15) is 4.79 Å². The predicted molar refractivity (Wildman–Crippen MR) is 63.9 cm³/mol. The van der Waals surface area contributed by atoms with Gasteiger partial charge in [-0.15, -0.1) is 11.3 Å². The van der Waals surface area contributed by atoms with Crippen molar-refractivity contribution in [2.45, 2.75) is 0 Å². The smallest absolute Gasteiger partial charge is 0.355 e. The molecule has 0 unspecified atom stereocenters. The summed E-state index contributed by atoms with van der Waals surface area (Å²) in [5.41, 5.74) is 6.87. The Morgan fingerprint density at radius 3 is 2.88 bits per heavy atom. The van der Waals surface area contributed by atoms with Crippen LogP contribution in [0, 0.1) is 0 Å². The van der Waals surface area contributed by atoms with Gasteiger partial charge in [0.25, 0.3) is 0 Å². The van der Waals surface area contributed by atoms with Crippen molar-refractivity contribution in [3.8, 4) is 10.6 Å². The number of aromatic nitrogens is 1. The molecular weight excluding hydrogens is 248 g/mol. The molecule has 16 heavy (non-hydrogen) atoms. The standard InChI is InChI=1S/C10H7ClN2O2S/c11-6-3-1-2-5(8(6)12)9-13-7(4-16-9)10(14)15/h1-4H,12H2,(H,14,15). The molecule has 4 nitrogen and oxygen atoms in total. The van der Waals surface area contributed by atoms with Crippen LogP contribution >= 0.6 is 22.9 Å². The van der Waals surface area contributed by atoms with Gasteiger partial charge in [-0.05, 0) is 12.1 Å². The molecule has 0 amide bonds. The molecule has 6 heteroatoms. The lowest BCUT2D eigenvalue weighted by Crippen LogP contribution is -1.96. The summed E-state index contributed by atoms with van der Waals surface area (Å²) in [6.07, 6.45) is 0. The molecule has 1 aromatic heterocycles. The highest BCUT2D eigenvalue weighted by molar-refractivity contribution is 7.13. The van der Waals surface area contributed by atoms with Crippen LogP contribution in [0.1, 0.15) is 10.5 Å². The molecule has 1 aromatic carbocycles. The summed E-state index contributed by atoms with van der Waals surface area (Å²) in [6, 6.07) is 5.17. The molecule has 0 aliphatic rings. The summed E-state index contributed by atoms with van der Waals surface area (Å²) in [6.45, 7) is 0. The number of anilines is 1. The van der Waals surface area contributed by atoms with E-state index in [1.807, 2.05) is 0 Å². The van der Waals surface area contributed by atoms with Crippen molar-refractivity contribution in [2.75, 3.05) is 5.73 Å². The normalized spacial score (nSPS) is 10.3. The number of halogens is 1. The van der Waals surface area contributed by atoms with E-state index in [1.165, 1.54) is 16.7 Å². The molecule has 0 saturated carbocycles. The van der Waals surface area contributed by atoms with Crippen molar-refractivity contribution in [3.63, 3.8) is 0 Å². The summed E-state index contributed by atoms with van der Waals surface area (Å²) in [5.74, 6) is -1.05. The quantitative estimate of drug-likeness (QED) is 0.808. The monoisotopic (exact) mass is 254 g/mol. The van der Waals surface area contributed by atoms with Gasteiger partial charge in [-0.3, -0.25) is 0 Å². The number of carboxylic acid groups (broad SMARTS) is 1. The summed E-state index contributed by atoms with van der Waals surface area (Å²) in [5, 5.41) is 11.2. The molecule has 0 fully saturated rings. The van der Waals surface area contributed by atoms with Gasteiger partial charge in [0.15, 0.2) is 5.69 Å². The number of para-hydroxylation sites is 1. The van der Waals surface area contributed by atoms with E-state index in [1.54, 1.807) is 18.2 Å². The fourth-order valence-corrected chi connectivity index (χ4v) is 2.23. The SMILES string of the molecule is Nc1c(Cl)cccc1-c1nc(C(=O)O)cs1. The Hall–Kier alpha value is -1.59. The number of thiazole rings is 1. The van der Waals surface area contributed by atoms with Crippen molar-refractivity contribution < 1.29 is 9.90 Å². The maximum atomic E-state index is 10.7. The number of hydrogen-bond acceptors (Lipinski definition) is 4. The van der Waals surface area contributed by atoms with E-state index in [-0.39, 0.29) is 5.69 Å². The number of hydrogen-bond donors (Lipinski definition) is 2. The Balaban J connectivity index is 2.50. The third-order valence-corrected chi connectivity index (χ3v) is 3.21. The lowest BCUT2D eigenvalue weighted by molar-refractivity contribution is 0.0691. The molecule has 2 rings (SSSR count). The zero-order valence-electron chi connectivity index (χ0n) is 7.98. The lowest BCUT2D eigenvalue weighted by Gasteiger charge is -2.03. The Morgan fingerprint density at radius 1 is 1.50 bits per heavy atom. The van der Waals surface area contributed by atoms with Crippen molar-refractivity contribution in [2.24, 2.45) is 0 Å². The Bertz CT molecular complexity index is 554. The van der Waals surface area contributed by atoms with Gasteiger partial charge in [-0.1, -0.05) is 17.7 Å². The van der Waals surface area contributed by atoms with Crippen LogP contribution in [0.25, 0.3) is 10.6 Å². The van der Waals surface area contributed by atoms with Crippen molar-refractivity contribution in [1.29, 1.82) is 0 Å². The first kappa shape index (κ1) is 10.9. The highest BCUT2D eigenvalue weighted by Crippen LogP contribution is 2.33. The second-order valence-corrected chi connectivity index (χ2v) is 4.31. The van der Waals surface area contributed by atoms with Crippen molar-refractivity contribution >= 4 is 34.6 Å². The van der Waals surface area contributed by atoms with Crippen molar-refractivity contribution in [1.82, 2.24) is 4.98 Å². The van der Waals surface area contributed by atoms with E-state index < -0.39 is 5.97 Å². The molecule has 2 aromatic rings. The zero-order chi connectivity index (χ0) is 11.7. The second-order valence-electron chi connectivity index (χ2n) is 3.04. The van der Waals surface area contributed by atoms with Crippen LogP contribution in [0.4, 0.5) is 5.69 Å². The highest BCUT2D eigenvalue weighted by atomic mass is 35.5. The van der Waals surface area contributed by atoms with Crippen LogP contribution in [-0.2, 0) is 0 Å². The minimum Gasteiger partial charge on any atom is -0.476 e. The van der Waals surface area contributed by atoms with Crippen LogP contribution in [-0.4, -0.2) is 16.1 Å². The number of carbonyl (C=O) groups is 1. The fourth-order valence-electron chi connectivity index (χ4n) is 1.22. The molecule has 0 saturated heterocycles. The van der Waals surface area contributed by atoms with Gasteiger partial charge < -0.3 is 10.8 Å². The minimum absolute atomic E-state index is 0.0133. The van der Waals surface area contributed by atoms with Gasteiger partial charge in [-0.25, -0.2) is 9.78 Å². The van der Waals surface area contributed by atoms with Gasteiger partial charge >= 0.3 is 5.97 Å². The molecule has 0 spiro atoms. The largest absolute Gasteiger partial charge is 0.476 e. The maximum Gasteiger partial charge on any atom is 0.355 e. The van der Waals surface area contributed by atoms with E-state index in [0.29, 0.717) is 21.3 Å². The predicted octanol–water partition coefficient (Wildman–Crippen LogP) is 2.74. The molecule has 0 bridgehead atoms. The van der Waals surface area contributed by atoms with E-state index >= 15 is 0 Å². The Morgan fingerprint density at radius 2 is 2.25 bits per heavy atom. The minimum atomic E-state index is -1.05. The van der Waals surface area contributed by atoms with Crippen LogP contribution in [0.3, 0.4) is 0 Å². The molecule has 0 aliphatic heterocycles. The Labute approximate surface area is 100 Å². The lowest BCUT2D eigenvalue weighted by atomic mass is 10.2. The number of benzene rings is 1. The summed E-state index contributed by atoms with van der Waals surface area (Å²) in [4.78, 5) is 14.6. The average Bonchev–Trinajstić information content (AvgIpc) is 2.71. The first-order valence-corrected chi connectivity index (χ1v) is 5.58. The van der Waals surface area contributed by atoms with E-state index in [2.05, 4.69) is 4.98 Å². The molecular formula is C10H7ClN2O2S. The number of rotatable bonds is 2. The molecule has 0 aliphatic carbocycles. The number of nitrogens with zero attached hydrogens (tertiary/aromatic N) is 1. The average molecular weight is 255 g/mol. The van der Waals surface area contributed by atoms with Crippen LogP contribution in [0.2, 0.25) is 5.02 Å². The van der Waals surface area contributed by atoms with Gasteiger partial charge in [0.2, 0.25) is 0 Å².